The van der Waals surface area contributed by atoms with Crippen molar-refractivity contribution in [2.45, 2.75) is 38.5 Å². The Kier molecular flexibility index (Phi) is 5.56. The topological polar surface area (TPSA) is 29.1 Å². The number of carbonyl (C=O) groups excluding carboxylic acids is 1. The molecule has 0 spiro atoms. The Morgan fingerprint density at radius 3 is 2.17 bits per heavy atom. The number of benzene rings is 1. The molecule has 122 valence electrons. The molecule has 23 heavy (non-hydrogen) atoms. The van der Waals surface area contributed by atoms with Crippen molar-refractivity contribution in [2.24, 2.45) is 17.8 Å². The molecule has 0 heterocycles. The van der Waals surface area contributed by atoms with Crippen molar-refractivity contribution in [3.63, 3.8) is 0 Å². The van der Waals surface area contributed by atoms with Crippen LogP contribution in [0.2, 0.25) is 5.02 Å². The van der Waals surface area contributed by atoms with Gasteiger partial charge in [0, 0.05) is 16.6 Å². The lowest BCUT2D eigenvalue weighted by Crippen LogP contribution is -2.15. The number of halogens is 1. The number of fused-ring (bicyclic) bond motifs is 1. The lowest BCUT2D eigenvalue weighted by atomic mass is 10.1. The summed E-state index contributed by atoms with van der Waals surface area (Å²) < 4.78 is 0. The summed E-state index contributed by atoms with van der Waals surface area (Å²) in [6, 6.07) is 7.38. The van der Waals surface area contributed by atoms with Gasteiger partial charge in [-0.2, -0.15) is 0 Å². The third kappa shape index (κ3) is 4.48. The summed E-state index contributed by atoms with van der Waals surface area (Å²) in [7, 11) is 0. The molecule has 2 atom stereocenters. The van der Waals surface area contributed by atoms with E-state index in [2.05, 4.69) is 29.6 Å². The average molecular weight is 330 g/mol. The van der Waals surface area contributed by atoms with Gasteiger partial charge in [0.15, 0.2) is 0 Å². The molecule has 1 aromatic carbocycles. The molecule has 2 aliphatic carbocycles. The highest BCUT2D eigenvalue weighted by Crippen LogP contribution is 2.52. The van der Waals surface area contributed by atoms with E-state index in [0.29, 0.717) is 16.9 Å². The van der Waals surface area contributed by atoms with E-state index in [1.807, 2.05) is 18.2 Å². The molecule has 0 aliphatic heterocycles. The predicted octanol–water partition coefficient (Wildman–Crippen LogP) is 5.61. The van der Waals surface area contributed by atoms with Crippen LogP contribution in [0.3, 0.4) is 0 Å². The van der Waals surface area contributed by atoms with Crippen molar-refractivity contribution in [3.8, 4) is 0 Å². The Balaban J connectivity index is 1.61. The summed E-state index contributed by atoms with van der Waals surface area (Å²) in [5, 5.41) is 3.69. The number of rotatable bonds is 2. The largest absolute Gasteiger partial charge is 0.326 e. The third-order valence-electron chi connectivity index (χ3n) is 4.89. The predicted molar refractivity (Wildman–Crippen MR) is 96.5 cm³/mol. The van der Waals surface area contributed by atoms with E-state index in [9.17, 15) is 4.79 Å². The van der Waals surface area contributed by atoms with E-state index in [-0.39, 0.29) is 11.8 Å². The second-order valence-electron chi connectivity index (χ2n) is 6.53. The van der Waals surface area contributed by atoms with E-state index in [1.54, 1.807) is 6.07 Å². The fourth-order valence-electron chi connectivity index (χ4n) is 3.65. The van der Waals surface area contributed by atoms with Crippen LogP contribution in [-0.2, 0) is 4.79 Å². The first-order chi connectivity index (χ1) is 11.3. The highest BCUT2D eigenvalue weighted by molar-refractivity contribution is 6.30. The highest BCUT2D eigenvalue weighted by atomic mass is 35.5. The van der Waals surface area contributed by atoms with Gasteiger partial charge < -0.3 is 5.32 Å². The Bertz CT molecular complexity index is 583. The van der Waals surface area contributed by atoms with Crippen LogP contribution in [0.4, 0.5) is 5.69 Å². The minimum atomic E-state index is 0.157. The minimum Gasteiger partial charge on any atom is -0.326 e. The van der Waals surface area contributed by atoms with Crippen LogP contribution in [0, 0.1) is 17.8 Å². The number of allylic oxidation sites excluding steroid dienone is 4. The molecule has 1 N–H and O–H groups in total. The van der Waals surface area contributed by atoms with Gasteiger partial charge in [-0.3, -0.25) is 4.79 Å². The van der Waals surface area contributed by atoms with Gasteiger partial charge >= 0.3 is 0 Å². The standard InChI is InChI=1S/C20H24ClNO/c21-15-10-9-11-16(14-15)22-20(23)19-17-12-7-5-3-1-2-4-6-8-13-18(17)19/h3-6,9-11,14,17-19H,1-2,7-8,12-13H2,(H,22,23)/b5-3-,6-4-/t17-,18-/m1/s1. The summed E-state index contributed by atoms with van der Waals surface area (Å²) in [4.78, 5) is 12.6. The summed E-state index contributed by atoms with van der Waals surface area (Å²) in [6.45, 7) is 0. The van der Waals surface area contributed by atoms with Crippen molar-refractivity contribution >= 4 is 23.2 Å². The highest BCUT2D eigenvalue weighted by Gasteiger charge is 2.52. The number of nitrogens with one attached hydrogen (secondary N) is 1. The fraction of sp³-hybridized carbons (Fsp3) is 0.450. The maximum atomic E-state index is 12.6. The quantitative estimate of drug-likeness (QED) is 0.702. The van der Waals surface area contributed by atoms with Crippen LogP contribution >= 0.6 is 11.6 Å². The Labute approximate surface area is 143 Å². The third-order valence-corrected chi connectivity index (χ3v) is 5.13. The number of amides is 1. The molecule has 2 aliphatic rings. The van der Waals surface area contributed by atoms with Crippen molar-refractivity contribution in [3.05, 3.63) is 53.6 Å². The Morgan fingerprint density at radius 1 is 0.957 bits per heavy atom. The SMILES string of the molecule is O=C(Nc1cccc(Cl)c1)C1[C@@H]2CC/C=C\CC/C=C\CC[C@@H]12. The number of carbonyl (C=O) groups is 1. The molecular formula is C20H24ClNO. The molecule has 0 aromatic heterocycles. The summed E-state index contributed by atoms with van der Waals surface area (Å²) in [5.41, 5.74) is 0.796. The first-order valence-electron chi connectivity index (χ1n) is 8.62. The molecule has 1 fully saturated rings. The lowest BCUT2D eigenvalue weighted by Gasteiger charge is -2.05. The van der Waals surface area contributed by atoms with Crippen LogP contribution in [0.5, 0.6) is 0 Å². The first-order valence-corrected chi connectivity index (χ1v) is 9.00. The Morgan fingerprint density at radius 2 is 1.57 bits per heavy atom. The Hall–Kier alpha value is -1.54. The molecule has 1 saturated carbocycles. The van der Waals surface area contributed by atoms with Gasteiger partial charge in [0.05, 0.1) is 0 Å². The molecule has 3 rings (SSSR count). The van der Waals surface area contributed by atoms with Crippen LogP contribution in [0.15, 0.2) is 48.6 Å². The van der Waals surface area contributed by atoms with E-state index < -0.39 is 0 Å². The molecular weight excluding hydrogens is 306 g/mol. The zero-order chi connectivity index (χ0) is 16.1. The van der Waals surface area contributed by atoms with Gasteiger partial charge in [0.2, 0.25) is 5.91 Å². The van der Waals surface area contributed by atoms with Gasteiger partial charge in [0.25, 0.3) is 0 Å². The van der Waals surface area contributed by atoms with Gasteiger partial charge in [-0.1, -0.05) is 42.0 Å². The summed E-state index contributed by atoms with van der Waals surface area (Å²) in [6.07, 6.45) is 15.8. The van der Waals surface area contributed by atoms with Crippen LogP contribution in [0.25, 0.3) is 0 Å². The molecule has 1 amide bonds. The zero-order valence-corrected chi connectivity index (χ0v) is 14.1. The molecule has 0 radical (unpaired) electrons. The van der Waals surface area contributed by atoms with Crippen LogP contribution in [0.1, 0.15) is 38.5 Å². The van der Waals surface area contributed by atoms with Crippen molar-refractivity contribution in [1.29, 1.82) is 0 Å². The summed E-state index contributed by atoms with van der Waals surface area (Å²) in [5.74, 6) is 1.39. The van der Waals surface area contributed by atoms with E-state index in [1.165, 1.54) is 0 Å². The molecule has 0 saturated heterocycles. The van der Waals surface area contributed by atoms with E-state index in [0.717, 1.165) is 44.2 Å². The molecule has 0 bridgehead atoms. The molecule has 2 nitrogen and oxygen atoms in total. The van der Waals surface area contributed by atoms with Gasteiger partial charge in [0.1, 0.15) is 0 Å². The fourth-order valence-corrected chi connectivity index (χ4v) is 3.84. The van der Waals surface area contributed by atoms with E-state index >= 15 is 0 Å². The van der Waals surface area contributed by atoms with Crippen LogP contribution < -0.4 is 5.32 Å². The average Bonchev–Trinajstić information content (AvgIpc) is 3.20. The molecule has 1 aromatic rings. The summed E-state index contributed by atoms with van der Waals surface area (Å²) >= 11 is 5.99. The number of hydrogen-bond donors (Lipinski definition) is 1. The van der Waals surface area contributed by atoms with Crippen molar-refractivity contribution in [2.75, 3.05) is 5.32 Å². The van der Waals surface area contributed by atoms with Gasteiger partial charge in [-0.15, -0.1) is 0 Å². The number of hydrogen-bond acceptors (Lipinski definition) is 1. The van der Waals surface area contributed by atoms with Gasteiger partial charge in [-0.25, -0.2) is 0 Å². The maximum absolute atomic E-state index is 12.6. The molecule has 3 heteroatoms. The van der Waals surface area contributed by atoms with Gasteiger partial charge in [-0.05, 0) is 68.6 Å². The monoisotopic (exact) mass is 329 g/mol. The molecule has 0 unspecified atom stereocenters. The smallest absolute Gasteiger partial charge is 0.228 e. The zero-order valence-electron chi connectivity index (χ0n) is 13.4. The van der Waals surface area contributed by atoms with E-state index in [4.69, 9.17) is 11.6 Å². The maximum Gasteiger partial charge on any atom is 0.228 e. The lowest BCUT2D eigenvalue weighted by molar-refractivity contribution is -0.117. The van der Waals surface area contributed by atoms with Crippen molar-refractivity contribution < 1.29 is 4.79 Å². The second-order valence-corrected chi connectivity index (χ2v) is 6.96. The first kappa shape index (κ1) is 16.3. The normalized spacial score (nSPS) is 30.2. The minimum absolute atomic E-state index is 0.157. The van der Waals surface area contributed by atoms with Crippen molar-refractivity contribution in [1.82, 2.24) is 0 Å². The van der Waals surface area contributed by atoms with Crippen LogP contribution in [-0.4, -0.2) is 5.91 Å². The number of anilines is 1. The second kappa shape index (κ2) is 7.83.